The number of aromatic nitrogens is 2. The fraction of sp³-hybridized carbons (Fsp3) is 0.333. The van der Waals surface area contributed by atoms with Gasteiger partial charge in [0.25, 0.3) is 0 Å². The number of aromatic amines is 1. The number of halogens is 1. The molecule has 126 valence electrons. The third-order valence-corrected chi connectivity index (χ3v) is 4.25. The number of H-pyrrole nitrogens is 1. The van der Waals surface area contributed by atoms with Crippen molar-refractivity contribution in [2.24, 2.45) is 0 Å². The summed E-state index contributed by atoms with van der Waals surface area (Å²) in [7, 11) is 0. The van der Waals surface area contributed by atoms with Gasteiger partial charge in [-0.3, -0.25) is 4.79 Å². The van der Waals surface area contributed by atoms with Gasteiger partial charge < -0.3 is 14.8 Å². The summed E-state index contributed by atoms with van der Waals surface area (Å²) < 4.78 is 5.09. The first-order valence-electron chi connectivity index (χ1n) is 8.04. The summed E-state index contributed by atoms with van der Waals surface area (Å²) in [6.07, 6.45) is 1.90. The third-order valence-electron chi connectivity index (χ3n) is 3.90. The maximum absolute atomic E-state index is 11.7. The zero-order chi connectivity index (χ0) is 17.1. The number of carbonyl (C=O) groups is 1. The molecule has 2 aromatic heterocycles. The molecule has 0 aliphatic carbocycles. The van der Waals surface area contributed by atoms with Crippen molar-refractivity contribution in [1.82, 2.24) is 15.5 Å². The minimum Gasteiger partial charge on any atom is -0.361 e. The number of aryl methyl sites for hydroxylation is 3. The van der Waals surface area contributed by atoms with Crippen LogP contribution in [0.1, 0.15) is 29.6 Å². The van der Waals surface area contributed by atoms with E-state index in [1.807, 2.05) is 38.1 Å². The molecule has 5 nitrogen and oxygen atoms in total. The highest BCUT2D eigenvalue weighted by Crippen LogP contribution is 2.26. The van der Waals surface area contributed by atoms with Crippen LogP contribution in [0.3, 0.4) is 0 Å². The Morgan fingerprint density at radius 3 is 2.83 bits per heavy atom. The van der Waals surface area contributed by atoms with Crippen molar-refractivity contribution in [3.63, 3.8) is 0 Å². The molecular formula is C18H20ClN3O2. The fourth-order valence-corrected chi connectivity index (χ4v) is 3.04. The number of nitrogens with one attached hydrogen (secondary N) is 2. The van der Waals surface area contributed by atoms with Crippen LogP contribution in [0.25, 0.3) is 10.9 Å². The lowest BCUT2D eigenvalue weighted by molar-refractivity contribution is -0.120. The molecule has 0 saturated carbocycles. The molecule has 0 aliphatic heterocycles. The van der Waals surface area contributed by atoms with Crippen molar-refractivity contribution in [3.8, 4) is 0 Å². The number of fused-ring (bicyclic) bond motifs is 1. The lowest BCUT2D eigenvalue weighted by Crippen LogP contribution is -2.24. The summed E-state index contributed by atoms with van der Waals surface area (Å²) in [5, 5.41) is 8.55. The van der Waals surface area contributed by atoms with Crippen LogP contribution in [0.4, 0.5) is 0 Å². The van der Waals surface area contributed by atoms with E-state index in [9.17, 15) is 4.79 Å². The van der Waals surface area contributed by atoms with Crippen LogP contribution < -0.4 is 5.32 Å². The molecule has 0 aliphatic rings. The molecule has 0 fully saturated rings. The van der Waals surface area contributed by atoms with E-state index in [2.05, 4.69) is 15.5 Å². The molecule has 6 heteroatoms. The first-order valence-corrected chi connectivity index (χ1v) is 8.42. The minimum absolute atomic E-state index is 0.0109. The SMILES string of the molecule is CCNC(=O)Cc1cc2cc(Cl)c(CCc3cc(C)on3)cc2[nH]1. The second-order valence-corrected chi connectivity index (χ2v) is 6.29. The van der Waals surface area contributed by atoms with Gasteiger partial charge in [0.1, 0.15) is 5.76 Å². The molecule has 0 saturated heterocycles. The van der Waals surface area contributed by atoms with E-state index in [0.717, 1.165) is 51.5 Å². The highest BCUT2D eigenvalue weighted by Gasteiger charge is 2.10. The number of hydrogen-bond donors (Lipinski definition) is 2. The van der Waals surface area contributed by atoms with Gasteiger partial charge in [-0.1, -0.05) is 16.8 Å². The van der Waals surface area contributed by atoms with Crippen molar-refractivity contribution in [2.75, 3.05) is 6.54 Å². The van der Waals surface area contributed by atoms with Gasteiger partial charge in [0, 0.05) is 34.2 Å². The predicted molar refractivity (Wildman–Crippen MR) is 94.3 cm³/mol. The van der Waals surface area contributed by atoms with E-state index in [-0.39, 0.29) is 5.91 Å². The van der Waals surface area contributed by atoms with Crippen molar-refractivity contribution < 1.29 is 9.32 Å². The van der Waals surface area contributed by atoms with Crippen LogP contribution in [-0.4, -0.2) is 22.6 Å². The molecule has 0 radical (unpaired) electrons. The molecule has 2 heterocycles. The van der Waals surface area contributed by atoms with Gasteiger partial charge >= 0.3 is 0 Å². The minimum atomic E-state index is 0.0109. The highest BCUT2D eigenvalue weighted by atomic mass is 35.5. The Balaban J connectivity index is 1.77. The van der Waals surface area contributed by atoms with Gasteiger partial charge in [0.15, 0.2) is 0 Å². The van der Waals surface area contributed by atoms with E-state index < -0.39 is 0 Å². The van der Waals surface area contributed by atoms with Crippen molar-refractivity contribution in [1.29, 1.82) is 0 Å². The van der Waals surface area contributed by atoms with Gasteiger partial charge in [-0.15, -0.1) is 0 Å². The summed E-state index contributed by atoms with van der Waals surface area (Å²) in [6, 6.07) is 7.90. The smallest absolute Gasteiger partial charge is 0.225 e. The Kier molecular flexibility index (Phi) is 4.90. The average molecular weight is 346 g/mol. The maximum atomic E-state index is 11.7. The molecule has 0 bridgehead atoms. The quantitative estimate of drug-likeness (QED) is 0.717. The van der Waals surface area contributed by atoms with E-state index in [1.54, 1.807) is 0 Å². The van der Waals surface area contributed by atoms with Gasteiger partial charge in [-0.2, -0.15) is 0 Å². The molecule has 1 aromatic carbocycles. The fourth-order valence-electron chi connectivity index (χ4n) is 2.78. The van der Waals surface area contributed by atoms with Crippen LogP contribution in [0, 0.1) is 6.92 Å². The molecule has 24 heavy (non-hydrogen) atoms. The first kappa shape index (κ1) is 16.6. The summed E-state index contributed by atoms with van der Waals surface area (Å²) in [5.41, 5.74) is 3.85. The van der Waals surface area contributed by atoms with Gasteiger partial charge in [0.05, 0.1) is 12.1 Å². The predicted octanol–water partition coefficient (Wildman–Crippen LogP) is 3.58. The second-order valence-electron chi connectivity index (χ2n) is 5.88. The molecule has 3 aromatic rings. The number of hydrogen-bond acceptors (Lipinski definition) is 3. The van der Waals surface area contributed by atoms with Gasteiger partial charge in [-0.05, 0) is 50.5 Å². The van der Waals surface area contributed by atoms with Crippen molar-refractivity contribution >= 4 is 28.4 Å². The number of benzene rings is 1. The van der Waals surface area contributed by atoms with Gasteiger partial charge in [0.2, 0.25) is 5.91 Å². The average Bonchev–Trinajstić information content (AvgIpc) is 3.10. The van der Waals surface area contributed by atoms with E-state index in [0.29, 0.717) is 13.0 Å². The molecule has 3 rings (SSSR count). The van der Waals surface area contributed by atoms with Crippen LogP contribution in [0.2, 0.25) is 5.02 Å². The summed E-state index contributed by atoms with van der Waals surface area (Å²) in [4.78, 5) is 15.0. The molecule has 0 unspecified atom stereocenters. The number of amides is 1. The Morgan fingerprint density at radius 1 is 1.29 bits per heavy atom. The Hall–Kier alpha value is -2.27. The Bertz CT molecular complexity index is 866. The zero-order valence-electron chi connectivity index (χ0n) is 13.8. The van der Waals surface area contributed by atoms with Crippen molar-refractivity contribution in [2.45, 2.75) is 33.1 Å². The number of likely N-dealkylation sites (N-methyl/N-ethyl adjacent to an activating group) is 1. The number of carbonyl (C=O) groups excluding carboxylic acids is 1. The second kappa shape index (κ2) is 7.09. The highest BCUT2D eigenvalue weighted by molar-refractivity contribution is 6.32. The third kappa shape index (κ3) is 3.79. The lowest BCUT2D eigenvalue weighted by Gasteiger charge is -2.03. The molecule has 2 N–H and O–H groups in total. The van der Waals surface area contributed by atoms with Crippen LogP contribution in [-0.2, 0) is 24.1 Å². The molecule has 0 spiro atoms. The van der Waals surface area contributed by atoms with E-state index >= 15 is 0 Å². The van der Waals surface area contributed by atoms with E-state index in [4.69, 9.17) is 16.1 Å². The normalized spacial score (nSPS) is 11.1. The van der Waals surface area contributed by atoms with Crippen LogP contribution in [0.15, 0.2) is 28.8 Å². The first-order chi connectivity index (χ1) is 11.5. The monoisotopic (exact) mass is 345 g/mol. The van der Waals surface area contributed by atoms with E-state index in [1.165, 1.54) is 0 Å². The largest absolute Gasteiger partial charge is 0.361 e. The zero-order valence-corrected chi connectivity index (χ0v) is 14.5. The molecule has 1 amide bonds. The standard InChI is InChI=1S/C18H20ClN3O2/c1-3-20-18(23)10-15-7-13-8-16(19)12(9-17(13)21-15)4-5-14-6-11(2)24-22-14/h6-9,21H,3-5,10H2,1-2H3,(H,20,23). The molecule has 0 atom stereocenters. The van der Waals surface area contributed by atoms with Crippen LogP contribution in [0.5, 0.6) is 0 Å². The lowest BCUT2D eigenvalue weighted by atomic mass is 10.1. The molecular weight excluding hydrogens is 326 g/mol. The van der Waals surface area contributed by atoms with Crippen molar-refractivity contribution in [3.05, 3.63) is 52.0 Å². The number of rotatable bonds is 6. The summed E-state index contributed by atoms with van der Waals surface area (Å²) in [6.45, 7) is 4.42. The Morgan fingerprint density at radius 2 is 2.12 bits per heavy atom. The Labute approximate surface area is 145 Å². The topological polar surface area (TPSA) is 70.9 Å². The van der Waals surface area contributed by atoms with Crippen LogP contribution >= 0.6 is 11.6 Å². The summed E-state index contributed by atoms with van der Waals surface area (Å²) in [5.74, 6) is 0.822. The number of nitrogens with zero attached hydrogens (tertiary/aromatic N) is 1. The summed E-state index contributed by atoms with van der Waals surface area (Å²) >= 11 is 6.40. The van der Waals surface area contributed by atoms with Gasteiger partial charge in [-0.25, -0.2) is 0 Å². The maximum Gasteiger partial charge on any atom is 0.225 e.